The maximum atomic E-state index is 12.3. The molecular weight excluding hydrogens is 364 g/mol. The maximum absolute atomic E-state index is 12.3. The van der Waals surface area contributed by atoms with E-state index in [-0.39, 0.29) is 5.91 Å². The molecule has 0 spiro atoms. The topological polar surface area (TPSA) is 79.4 Å². The number of carbonyl (C=O) groups is 1. The quantitative estimate of drug-likeness (QED) is 0.434. The van der Waals surface area contributed by atoms with Gasteiger partial charge in [-0.1, -0.05) is 55.5 Å². The van der Waals surface area contributed by atoms with Crippen molar-refractivity contribution in [2.45, 2.75) is 20.3 Å². The molecule has 2 N–H and O–H groups in total. The molecule has 6 nitrogen and oxygen atoms in total. The van der Waals surface area contributed by atoms with E-state index in [0.717, 1.165) is 28.9 Å². The van der Waals surface area contributed by atoms with Gasteiger partial charge in [0.05, 0.1) is 18.5 Å². The molecule has 2 aromatic carbocycles. The third-order valence-electron chi connectivity index (χ3n) is 4.08. The van der Waals surface area contributed by atoms with Gasteiger partial charge in [-0.05, 0) is 42.7 Å². The Hall–Kier alpha value is -3.67. The summed E-state index contributed by atoms with van der Waals surface area (Å²) in [6.07, 6.45) is 4.51. The molecule has 0 fully saturated rings. The first-order valence-corrected chi connectivity index (χ1v) is 9.51. The normalized spacial score (nSPS) is 11.6. The number of benzene rings is 2. The fraction of sp³-hybridized carbons (Fsp3) is 0.174. The summed E-state index contributed by atoms with van der Waals surface area (Å²) >= 11 is 0. The predicted octanol–water partition coefficient (Wildman–Crippen LogP) is 4.68. The molecule has 6 heteroatoms. The van der Waals surface area contributed by atoms with E-state index in [2.05, 4.69) is 27.6 Å². The van der Waals surface area contributed by atoms with Crippen molar-refractivity contribution in [2.75, 3.05) is 6.61 Å². The lowest BCUT2D eigenvalue weighted by Crippen LogP contribution is -2.17. The van der Waals surface area contributed by atoms with Crippen molar-refractivity contribution in [3.63, 3.8) is 0 Å². The van der Waals surface area contributed by atoms with E-state index in [9.17, 15) is 4.79 Å². The molecule has 29 heavy (non-hydrogen) atoms. The molecule has 148 valence electrons. The van der Waals surface area contributed by atoms with Crippen LogP contribution in [0, 0.1) is 0 Å². The van der Waals surface area contributed by atoms with Gasteiger partial charge in [-0.15, -0.1) is 0 Å². The van der Waals surface area contributed by atoms with Gasteiger partial charge in [-0.2, -0.15) is 10.2 Å². The van der Waals surface area contributed by atoms with E-state index in [1.807, 2.05) is 67.6 Å². The number of aromatic nitrogens is 2. The van der Waals surface area contributed by atoms with Crippen LogP contribution in [0.2, 0.25) is 0 Å². The molecule has 0 unspecified atom stereocenters. The van der Waals surface area contributed by atoms with Crippen molar-refractivity contribution < 1.29 is 9.53 Å². The first-order chi connectivity index (χ1) is 14.2. The highest BCUT2D eigenvalue weighted by molar-refractivity contribution is 5.94. The standard InChI is InChI=1S/C23H24N4O2/c1-3-13-29-22-12-8-7-11-19(22)20-15-21(26-25-20)23(28)27-24-16-17(2)14-18-9-5-4-6-10-18/h4-12,14-16H,3,13H2,1-2H3,(H,25,26)(H,27,28)/b17-14+,24-16+. The number of rotatable bonds is 8. The average Bonchev–Trinajstić information content (AvgIpc) is 3.23. The Morgan fingerprint density at radius 2 is 1.93 bits per heavy atom. The van der Waals surface area contributed by atoms with E-state index in [4.69, 9.17) is 4.74 Å². The Kier molecular flexibility index (Phi) is 6.95. The molecular formula is C23H24N4O2. The van der Waals surface area contributed by atoms with Gasteiger partial charge in [0.2, 0.25) is 0 Å². The monoisotopic (exact) mass is 388 g/mol. The van der Waals surface area contributed by atoms with Gasteiger partial charge in [0.25, 0.3) is 5.91 Å². The summed E-state index contributed by atoms with van der Waals surface area (Å²) in [6, 6.07) is 19.2. The molecule has 0 bridgehead atoms. The Labute approximate surface area is 170 Å². The smallest absolute Gasteiger partial charge is 0.289 e. The summed E-state index contributed by atoms with van der Waals surface area (Å²) < 4.78 is 5.77. The molecule has 0 aliphatic carbocycles. The predicted molar refractivity (Wildman–Crippen MR) is 116 cm³/mol. The Morgan fingerprint density at radius 3 is 2.72 bits per heavy atom. The number of hydrogen-bond acceptors (Lipinski definition) is 4. The zero-order chi connectivity index (χ0) is 20.5. The van der Waals surface area contributed by atoms with Crippen LogP contribution >= 0.6 is 0 Å². The molecule has 1 heterocycles. The van der Waals surface area contributed by atoms with Crippen molar-refractivity contribution >= 4 is 18.2 Å². The van der Waals surface area contributed by atoms with Gasteiger partial charge in [-0.25, -0.2) is 5.43 Å². The molecule has 0 aliphatic heterocycles. The minimum atomic E-state index is -0.362. The summed E-state index contributed by atoms with van der Waals surface area (Å²) in [5.74, 6) is 0.381. The largest absolute Gasteiger partial charge is 0.493 e. The van der Waals surface area contributed by atoms with Crippen LogP contribution in [-0.2, 0) is 0 Å². The third-order valence-corrected chi connectivity index (χ3v) is 4.08. The number of amides is 1. The molecule has 0 saturated heterocycles. The van der Waals surface area contributed by atoms with Crippen molar-refractivity contribution in [3.05, 3.63) is 77.5 Å². The number of hydrazone groups is 1. The Morgan fingerprint density at radius 1 is 1.17 bits per heavy atom. The first-order valence-electron chi connectivity index (χ1n) is 9.51. The highest BCUT2D eigenvalue weighted by atomic mass is 16.5. The fourth-order valence-corrected chi connectivity index (χ4v) is 2.69. The van der Waals surface area contributed by atoms with Crippen molar-refractivity contribution in [3.8, 4) is 17.0 Å². The van der Waals surface area contributed by atoms with Gasteiger partial charge >= 0.3 is 0 Å². The van der Waals surface area contributed by atoms with Crippen molar-refractivity contribution in [1.29, 1.82) is 0 Å². The third kappa shape index (κ3) is 5.65. The molecule has 3 rings (SSSR count). The van der Waals surface area contributed by atoms with Crippen LogP contribution in [0.5, 0.6) is 5.75 Å². The van der Waals surface area contributed by atoms with Crippen molar-refractivity contribution in [2.24, 2.45) is 5.10 Å². The minimum absolute atomic E-state index is 0.326. The SMILES string of the molecule is CCCOc1ccccc1-c1cc(C(=O)N/N=C/C(C)=C/c2ccccc2)[nH]n1. The van der Waals surface area contributed by atoms with Crippen molar-refractivity contribution in [1.82, 2.24) is 15.6 Å². The van der Waals surface area contributed by atoms with Crippen LogP contribution in [0.15, 0.2) is 71.3 Å². The summed E-state index contributed by atoms with van der Waals surface area (Å²) in [5.41, 5.74) is 6.32. The Bertz CT molecular complexity index is 1010. The summed E-state index contributed by atoms with van der Waals surface area (Å²) in [7, 11) is 0. The summed E-state index contributed by atoms with van der Waals surface area (Å²) in [4.78, 5) is 12.3. The van der Waals surface area contributed by atoms with E-state index in [0.29, 0.717) is 18.0 Å². The zero-order valence-electron chi connectivity index (χ0n) is 16.6. The number of carbonyl (C=O) groups excluding carboxylic acids is 1. The van der Waals surface area contributed by atoms with Gasteiger partial charge < -0.3 is 4.74 Å². The second-order valence-corrected chi connectivity index (χ2v) is 6.51. The van der Waals surface area contributed by atoms with E-state index in [1.165, 1.54) is 0 Å². The van der Waals surface area contributed by atoms with Crippen LogP contribution in [0.25, 0.3) is 17.3 Å². The van der Waals surface area contributed by atoms with Crippen LogP contribution in [0.3, 0.4) is 0 Å². The van der Waals surface area contributed by atoms with Crippen LogP contribution in [0.1, 0.15) is 36.3 Å². The molecule has 0 radical (unpaired) electrons. The lowest BCUT2D eigenvalue weighted by atomic mass is 10.1. The van der Waals surface area contributed by atoms with Crippen LogP contribution < -0.4 is 10.2 Å². The number of allylic oxidation sites excluding steroid dienone is 1. The minimum Gasteiger partial charge on any atom is -0.493 e. The highest BCUT2D eigenvalue weighted by Gasteiger charge is 2.13. The number of H-pyrrole nitrogens is 1. The summed E-state index contributed by atoms with van der Waals surface area (Å²) in [5, 5.41) is 11.0. The number of nitrogens with one attached hydrogen (secondary N) is 2. The number of nitrogens with zero attached hydrogens (tertiary/aromatic N) is 2. The fourth-order valence-electron chi connectivity index (χ4n) is 2.69. The second-order valence-electron chi connectivity index (χ2n) is 6.51. The van der Waals surface area contributed by atoms with Gasteiger partial charge in [0.15, 0.2) is 0 Å². The van der Waals surface area contributed by atoms with Crippen LogP contribution in [0.4, 0.5) is 0 Å². The van der Waals surface area contributed by atoms with Gasteiger partial charge in [-0.3, -0.25) is 9.89 Å². The average molecular weight is 388 g/mol. The van der Waals surface area contributed by atoms with Crippen LogP contribution in [-0.4, -0.2) is 28.9 Å². The molecule has 3 aromatic rings. The lowest BCUT2D eigenvalue weighted by molar-refractivity contribution is 0.0950. The zero-order valence-corrected chi connectivity index (χ0v) is 16.6. The van der Waals surface area contributed by atoms with Gasteiger partial charge in [0.1, 0.15) is 11.4 Å². The Balaban J connectivity index is 1.65. The van der Waals surface area contributed by atoms with E-state index >= 15 is 0 Å². The molecule has 1 aromatic heterocycles. The van der Waals surface area contributed by atoms with E-state index < -0.39 is 0 Å². The number of aromatic amines is 1. The number of para-hydroxylation sites is 1. The molecule has 0 saturated carbocycles. The molecule has 1 amide bonds. The lowest BCUT2D eigenvalue weighted by Gasteiger charge is -2.08. The number of ether oxygens (including phenoxy) is 1. The second kappa shape index (κ2) is 10.0. The summed E-state index contributed by atoms with van der Waals surface area (Å²) in [6.45, 7) is 4.60. The number of hydrogen-bond donors (Lipinski definition) is 2. The van der Waals surface area contributed by atoms with E-state index in [1.54, 1.807) is 12.3 Å². The van der Waals surface area contributed by atoms with Gasteiger partial charge in [0, 0.05) is 5.56 Å². The maximum Gasteiger partial charge on any atom is 0.289 e. The molecule has 0 aliphatic rings. The molecule has 0 atom stereocenters. The highest BCUT2D eigenvalue weighted by Crippen LogP contribution is 2.28. The first kappa shape index (κ1) is 20.1.